The molecule has 0 spiro atoms. The second-order valence-corrected chi connectivity index (χ2v) is 7.81. The van der Waals surface area contributed by atoms with Crippen LogP contribution < -0.4 is 4.84 Å². The lowest BCUT2D eigenvalue weighted by Gasteiger charge is -2.43. The van der Waals surface area contributed by atoms with Crippen LogP contribution in [0.1, 0.15) is 27.7 Å². The summed E-state index contributed by atoms with van der Waals surface area (Å²) in [7, 11) is 0. The van der Waals surface area contributed by atoms with Crippen molar-refractivity contribution in [1.29, 1.82) is 0 Å². The zero-order valence-corrected chi connectivity index (χ0v) is 19.8. The van der Waals surface area contributed by atoms with E-state index < -0.39 is 66.1 Å². The largest absolute Gasteiger partial charge is 0.463 e. The second-order valence-electron chi connectivity index (χ2n) is 7.81. The number of nitro groups is 1. The van der Waals surface area contributed by atoms with Crippen molar-refractivity contribution in [3.8, 4) is 0 Å². The number of carbonyl (C=O) groups is 4. The van der Waals surface area contributed by atoms with E-state index in [4.69, 9.17) is 28.5 Å². The molecule has 0 N–H and O–H groups in total. The molecule has 0 radical (unpaired) electrons. The Morgan fingerprint density at radius 2 is 1.53 bits per heavy atom. The summed E-state index contributed by atoms with van der Waals surface area (Å²) >= 11 is 0. The lowest BCUT2D eigenvalue weighted by atomic mass is 9.98. The monoisotopic (exact) mass is 508 g/mol. The van der Waals surface area contributed by atoms with E-state index in [9.17, 15) is 29.3 Å². The predicted molar refractivity (Wildman–Crippen MR) is 117 cm³/mol. The van der Waals surface area contributed by atoms with Gasteiger partial charge in [-0.3, -0.25) is 29.3 Å². The molecule has 1 aliphatic rings. The van der Waals surface area contributed by atoms with Crippen LogP contribution in [-0.2, 0) is 42.9 Å². The Balaban J connectivity index is 2.04. The Hall–Kier alpha value is -4.20. The molecule has 36 heavy (non-hydrogen) atoms. The first kappa shape index (κ1) is 26.4. The molecule has 1 fully saturated rings. The number of esters is 4. The highest BCUT2D eigenvalue weighted by molar-refractivity contribution is 5.82. The van der Waals surface area contributed by atoms with Crippen molar-refractivity contribution >= 4 is 40.5 Å². The molecule has 5 atom stereocenters. The topological polar surface area (TPSA) is 172 Å². The van der Waals surface area contributed by atoms with Crippen LogP contribution in [0.15, 0.2) is 30.5 Å². The minimum Gasteiger partial charge on any atom is -0.463 e. The first-order valence-corrected chi connectivity index (χ1v) is 10.7. The van der Waals surface area contributed by atoms with Gasteiger partial charge >= 0.3 is 23.9 Å². The summed E-state index contributed by atoms with van der Waals surface area (Å²) in [4.78, 5) is 63.6. The van der Waals surface area contributed by atoms with Gasteiger partial charge in [0.05, 0.1) is 10.4 Å². The summed E-state index contributed by atoms with van der Waals surface area (Å²) in [5.41, 5.74) is 0.0876. The van der Waals surface area contributed by atoms with Crippen LogP contribution in [0.4, 0.5) is 5.69 Å². The number of hydrogen-bond acceptors (Lipinski definition) is 12. The van der Waals surface area contributed by atoms with Crippen LogP contribution in [-0.4, -0.2) is 70.8 Å². The molecular weight excluding hydrogens is 484 g/mol. The third-order valence-corrected chi connectivity index (χ3v) is 5.02. The Morgan fingerprint density at radius 1 is 0.917 bits per heavy atom. The van der Waals surface area contributed by atoms with Crippen molar-refractivity contribution in [2.24, 2.45) is 0 Å². The Labute approximate surface area is 204 Å². The predicted octanol–water partition coefficient (Wildman–Crippen LogP) is 1.06. The van der Waals surface area contributed by atoms with Gasteiger partial charge in [-0.1, -0.05) is 0 Å². The van der Waals surface area contributed by atoms with Crippen molar-refractivity contribution in [1.82, 2.24) is 4.73 Å². The van der Waals surface area contributed by atoms with Gasteiger partial charge in [-0.05, 0) is 12.1 Å². The van der Waals surface area contributed by atoms with Crippen LogP contribution in [0.25, 0.3) is 10.9 Å². The molecule has 1 aromatic carbocycles. The van der Waals surface area contributed by atoms with E-state index >= 15 is 0 Å². The summed E-state index contributed by atoms with van der Waals surface area (Å²) < 4.78 is 28.0. The number of aromatic nitrogens is 1. The number of fused-ring (bicyclic) bond motifs is 1. The van der Waals surface area contributed by atoms with Gasteiger partial charge in [0.2, 0.25) is 6.10 Å². The summed E-state index contributed by atoms with van der Waals surface area (Å²) in [5.74, 6) is -3.00. The fourth-order valence-electron chi connectivity index (χ4n) is 3.68. The second kappa shape index (κ2) is 11.0. The van der Waals surface area contributed by atoms with Gasteiger partial charge in [-0.15, -0.1) is 0 Å². The smallest absolute Gasteiger partial charge is 0.303 e. The van der Waals surface area contributed by atoms with E-state index in [0.29, 0.717) is 5.39 Å². The minimum absolute atomic E-state index is 0.201. The van der Waals surface area contributed by atoms with Gasteiger partial charge in [0, 0.05) is 51.4 Å². The molecule has 14 heteroatoms. The Morgan fingerprint density at radius 3 is 2.11 bits per heavy atom. The number of hydrogen-bond donors (Lipinski definition) is 0. The number of nitrogens with zero attached hydrogens (tertiary/aromatic N) is 2. The molecule has 1 aliphatic heterocycles. The van der Waals surface area contributed by atoms with E-state index in [0.717, 1.165) is 32.4 Å². The van der Waals surface area contributed by atoms with E-state index in [1.54, 1.807) is 6.07 Å². The molecule has 14 nitrogen and oxygen atoms in total. The van der Waals surface area contributed by atoms with Gasteiger partial charge in [0.25, 0.3) is 12.0 Å². The average Bonchev–Trinajstić information content (AvgIpc) is 3.17. The highest BCUT2D eigenvalue weighted by Crippen LogP contribution is 2.30. The molecule has 2 heterocycles. The maximum absolute atomic E-state index is 11.9. The molecule has 1 aromatic heterocycles. The third kappa shape index (κ3) is 6.27. The maximum Gasteiger partial charge on any atom is 0.303 e. The van der Waals surface area contributed by atoms with E-state index in [2.05, 4.69) is 0 Å². The first-order chi connectivity index (χ1) is 17.0. The van der Waals surface area contributed by atoms with Gasteiger partial charge in [0.1, 0.15) is 12.7 Å². The minimum atomic E-state index is -1.49. The molecule has 0 bridgehead atoms. The Kier molecular flexibility index (Phi) is 8.09. The van der Waals surface area contributed by atoms with Gasteiger partial charge in [-0.25, -0.2) is 0 Å². The highest BCUT2D eigenvalue weighted by Gasteiger charge is 2.53. The van der Waals surface area contributed by atoms with E-state index in [1.807, 2.05) is 0 Å². The number of nitro benzene ring substituents is 1. The van der Waals surface area contributed by atoms with Crippen molar-refractivity contribution < 1.29 is 52.6 Å². The van der Waals surface area contributed by atoms with E-state index in [-0.39, 0.29) is 11.2 Å². The van der Waals surface area contributed by atoms with Gasteiger partial charge < -0.3 is 28.5 Å². The highest BCUT2D eigenvalue weighted by atomic mass is 16.8. The quantitative estimate of drug-likeness (QED) is 0.215. The lowest BCUT2D eigenvalue weighted by Crippen LogP contribution is -2.64. The normalized spacial score (nSPS) is 23.4. The van der Waals surface area contributed by atoms with Crippen LogP contribution in [0.2, 0.25) is 0 Å². The van der Waals surface area contributed by atoms with Crippen LogP contribution in [0.5, 0.6) is 0 Å². The first-order valence-electron chi connectivity index (χ1n) is 10.7. The van der Waals surface area contributed by atoms with Gasteiger partial charge in [-0.2, -0.15) is 4.73 Å². The molecular formula is C22H24N2O12. The molecule has 2 aromatic rings. The fraction of sp³-hybridized carbons (Fsp3) is 0.455. The zero-order chi connectivity index (χ0) is 26.6. The maximum atomic E-state index is 11.9. The summed E-state index contributed by atoms with van der Waals surface area (Å²) in [6.07, 6.45) is -5.43. The van der Waals surface area contributed by atoms with Crippen LogP contribution in [0, 0.1) is 10.1 Å². The van der Waals surface area contributed by atoms with E-state index in [1.165, 1.54) is 24.4 Å². The molecule has 1 saturated heterocycles. The van der Waals surface area contributed by atoms with Crippen molar-refractivity contribution in [2.45, 2.75) is 58.4 Å². The molecule has 3 rings (SSSR count). The number of rotatable bonds is 8. The van der Waals surface area contributed by atoms with Gasteiger partial charge in [0.15, 0.2) is 12.2 Å². The SMILES string of the molecule is CC(=O)OC[C@H]1O[C@@H](On2ccc3ccc([N+](=O)[O-])cc32)[C@H](OC(C)=O)[C@@H](OC(C)=O)[C@@H]1OC(C)=O. The van der Waals surface area contributed by atoms with Crippen LogP contribution in [0.3, 0.4) is 0 Å². The number of carbonyl (C=O) groups excluding carboxylic acids is 4. The molecule has 194 valence electrons. The Bertz CT molecular complexity index is 1170. The zero-order valence-electron chi connectivity index (χ0n) is 19.8. The summed E-state index contributed by atoms with van der Waals surface area (Å²) in [5, 5.41) is 11.8. The standard InChI is InChI=1S/C22H24N2O12/c1-11(25)31-10-18-19(32-12(2)26)20(33-13(3)27)21(34-14(4)28)22(35-18)36-23-8-7-15-5-6-16(24(29)30)9-17(15)23/h5-9,18-22H,10H2,1-4H3/t18-,19-,20+,21-,22+/m1/s1. The lowest BCUT2D eigenvalue weighted by molar-refractivity contribution is -0.384. The summed E-state index contributed by atoms with van der Waals surface area (Å²) in [6.45, 7) is 4.04. The summed E-state index contributed by atoms with van der Waals surface area (Å²) in [6, 6.07) is 5.71. The number of ether oxygens (including phenoxy) is 5. The van der Waals surface area contributed by atoms with Crippen molar-refractivity contribution in [2.75, 3.05) is 6.61 Å². The number of non-ortho nitro benzene ring substituents is 1. The molecule has 0 aliphatic carbocycles. The van der Waals surface area contributed by atoms with Crippen molar-refractivity contribution in [3.63, 3.8) is 0 Å². The third-order valence-electron chi connectivity index (χ3n) is 5.02. The average molecular weight is 508 g/mol. The molecule has 0 saturated carbocycles. The molecule has 0 amide bonds. The number of benzene rings is 1. The molecule has 0 unspecified atom stereocenters. The van der Waals surface area contributed by atoms with Crippen LogP contribution >= 0.6 is 0 Å². The van der Waals surface area contributed by atoms with Crippen molar-refractivity contribution in [3.05, 3.63) is 40.6 Å². The fourth-order valence-corrected chi connectivity index (χ4v) is 3.68.